The molecule has 2 aliphatic heterocycles. The lowest BCUT2D eigenvalue weighted by atomic mass is 9.99. The van der Waals surface area contributed by atoms with E-state index in [2.05, 4.69) is 16.5 Å². The number of piperidine rings is 1. The minimum Gasteiger partial charge on any atom is -0.495 e. The highest BCUT2D eigenvalue weighted by Gasteiger charge is 2.33. The van der Waals surface area contributed by atoms with Crippen LogP contribution in [0.2, 0.25) is 0 Å². The molecule has 2 amide bonds. The lowest BCUT2D eigenvalue weighted by Gasteiger charge is -2.32. The summed E-state index contributed by atoms with van der Waals surface area (Å²) < 4.78 is 33.7. The van der Waals surface area contributed by atoms with Gasteiger partial charge in [-0.3, -0.25) is 9.59 Å². The maximum Gasteiger partial charge on any atom is 0.240 e. The van der Waals surface area contributed by atoms with E-state index in [-0.39, 0.29) is 47.5 Å². The number of nitrogens with one attached hydrogen (secondary N) is 1. The van der Waals surface area contributed by atoms with Crippen molar-refractivity contribution >= 4 is 33.2 Å². The van der Waals surface area contributed by atoms with Crippen molar-refractivity contribution in [3.63, 3.8) is 0 Å². The summed E-state index contributed by atoms with van der Waals surface area (Å²) in [6.45, 7) is 4.46. The average molecular weight is 472 g/mol. The van der Waals surface area contributed by atoms with Gasteiger partial charge in [-0.25, -0.2) is 18.0 Å². The molecule has 8 nitrogen and oxygen atoms in total. The van der Waals surface area contributed by atoms with Crippen molar-refractivity contribution in [1.29, 1.82) is 0 Å². The summed E-state index contributed by atoms with van der Waals surface area (Å²) in [5.74, 6) is 0.193. The molecule has 9 heteroatoms. The van der Waals surface area contributed by atoms with Gasteiger partial charge in [0.2, 0.25) is 21.8 Å². The highest BCUT2D eigenvalue weighted by Crippen LogP contribution is 2.34. The van der Waals surface area contributed by atoms with Crippen LogP contribution in [0.3, 0.4) is 0 Å². The zero-order valence-corrected chi connectivity index (χ0v) is 19.7. The monoisotopic (exact) mass is 471 g/mol. The van der Waals surface area contributed by atoms with Gasteiger partial charge in [-0.1, -0.05) is 19.1 Å². The predicted molar refractivity (Wildman–Crippen MR) is 126 cm³/mol. The van der Waals surface area contributed by atoms with Crippen LogP contribution < -0.4 is 19.3 Å². The largest absolute Gasteiger partial charge is 0.495 e. The number of imide groups is 1. The SMILES string of the molecule is COc1ccc(S(=O)(=O)NCc2ccc(N3CCC[C@H](C)C3)cc2)cc1N1C(=O)CCC1=O. The molecule has 0 spiro atoms. The molecule has 176 valence electrons. The summed E-state index contributed by atoms with van der Waals surface area (Å²) in [7, 11) is -2.47. The Balaban J connectivity index is 1.48. The van der Waals surface area contributed by atoms with Crippen molar-refractivity contribution < 1.29 is 22.7 Å². The molecule has 33 heavy (non-hydrogen) atoms. The second-order valence-corrected chi connectivity index (χ2v) is 10.4. The number of rotatable bonds is 7. The van der Waals surface area contributed by atoms with Crippen molar-refractivity contribution in [3.05, 3.63) is 48.0 Å². The molecule has 0 radical (unpaired) electrons. The first-order valence-corrected chi connectivity index (χ1v) is 12.6. The van der Waals surface area contributed by atoms with Crippen LogP contribution in [-0.2, 0) is 26.2 Å². The Morgan fingerprint density at radius 1 is 1.06 bits per heavy atom. The molecule has 2 aliphatic rings. The van der Waals surface area contributed by atoms with Crippen LogP contribution in [-0.4, -0.2) is 40.4 Å². The average Bonchev–Trinajstić information content (AvgIpc) is 3.15. The zero-order chi connectivity index (χ0) is 23.6. The maximum atomic E-state index is 12.9. The smallest absolute Gasteiger partial charge is 0.240 e. The lowest BCUT2D eigenvalue weighted by molar-refractivity contribution is -0.121. The van der Waals surface area contributed by atoms with Crippen molar-refractivity contribution in [2.45, 2.75) is 44.0 Å². The van der Waals surface area contributed by atoms with Gasteiger partial charge in [-0.05, 0) is 54.7 Å². The number of hydrogen-bond acceptors (Lipinski definition) is 6. The Morgan fingerprint density at radius 3 is 2.39 bits per heavy atom. The maximum absolute atomic E-state index is 12.9. The van der Waals surface area contributed by atoms with E-state index in [9.17, 15) is 18.0 Å². The van der Waals surface area contributed by atoms with E-state index in [1.807, 2.05) is 24.3 Å². The predicted octanol–water partition coefficient (Wildman–Crippen LogP) is 3.06. The Bertz CT molecular complexity index is 1130. The molecule has 1 N–H and O–H groups in total. The number of ether oxygens (including phenoxy) is 1. The minimum atomic E-state index is -3.87. The van der Waals surface area contributed by atoms with Crippen LogP contribution in [0.4, 0.5) is 11.4 Å². The van der Waals surface area contributed by atoms with Crippen molar-refractivity contribution in [3.8, 4) is 5.75 Å². The molecule has 0 aromatic heterocycles. The molecule has 2 fully saturated rings. The number of hydrogen-bond donors (Lipinski definition) is 1. The number of anilines is 2. The van der Waals surface area contributed by atoms with Crippen LogP contribution in [0.5, 0.6) is 5.75 Å². The quantitative estimate of drug-likeness (QED) is 0.624. The number of benzene rings is 2. The highest BCUT2D eigenvalue weighted by molar-refractivity contribution is 7.89. The molecule has 0 unspecified atom stereocenters. The van der Waals surface area contributed by atoms with Gasteiger partial charge in [0.05, 0.1) is 17.7 Å². The summed E-state index contributed by atoms with van der Waals surface area (Å²) in [4.78, 5) is 27.7. The van der Waals surface area contributed by atoms with Gasteiger partial charge < -0.3 is 9.64 Å². The number of amides is 2. The fourth-order valence-electron chi connectivity index (χ4n) is 4.37. The van der Waals surface area contributed by atoms with E-state index in [1.165, 1.54) is 38.2 Å². The van der Waals surface area contributed by atoms with Gasteiger partial charge in [0.1, 0.15) is 5.75 Å². The third-order valence-electron chi connectivity index (χ3n) is 6.18. The third kappa shape index (κ3) is 5.04. The fraction of sp³-hybridized carbons (Fsp3) is 0.417. The van der Waals surface area contributed by atoms with Crippen LogP contribution in [0, 0.1) is 5.92 Å². The molecule has 0 bridgehead atoms. The van der Waals surface area contributed by atoms with E-state index < -0.39 is 10.0 Å². The summed E-state index contributed by atoms with van der Waals surface area (Å²) in [5, 5.41) is 0. The fourth-order valence-corrected chi connectivity index (χ4v) is 5.40. The van der Waals surface area contributed by atoms with Gasteiger partial charge in [0, 0.05) is 38.2 Å². The first-order chi connectivity index (χ1) is 15.8. The van der Waals surface area contributed by atoms with Crippen molar-refractivity contribution in [1.82, 2.24) is 4.72 Å². The minimum absolute atomic E-state index is 0.0373. The second-order valence-electron chi connectivity index (χ2n) is 8.64. The molecule has 2 aromatic rings. The Kier molecular flexibility index (Phi) is 6.71. The summed E-state index contributed by atoms with van der Waals surface area (Å²) in [6.07, 6.45) is 2.64. The third-order valence-corrected chi connectivity index (χ3v) is 7.58. The zero-order valence-electron chi connectivity index (χ0n) is 18.9. The van der Waals surface area contributed by atoms with Crippen molar-refractivity contribution in [2.24, 2.45) is 5.92 Å². The number of methoxy groups -OCH3 is 1. The van der Waals surface area contributed by atoms with E-state index >= 15 is 0 Å². The Hall–Kier alpha value is -2.91. The standard InChI is InChI=1S/C24H29N3O5S/c1-17-4-3-13-26(16-17)19-7-5-18(6-8-19)15-25-33(30,31)20-9-10-22(32-2)21(14-20)27-23(28)11-12-24(27)29/h5-10,14,17,25H,3-4,11-13,15-16H2,1-2H3/t17-/m0/s1. The molecular formula is C24H29N3O5S. The van der Waals surface area contributed by atoms with Gasteiger partial charge >= 0.3 is 0 Å². The van der Waals surface area contributed by atoms with Gasteiger partial charge in [0.15, 0.2) is 0 Å². The molecule has 0 aliphatic carbocycles. The van der Waals surface area contributed by atoms with E-state index in [4.69, 9.17) is 4.74 Å². The number of carbonyl (C=O) groups is 2. The van der Waals surface area contributed by atoms with Gasteiger partial charge in [-0.15, -0.1) is 0 Å². The van der Waals surface area contributed by atoms with Gasteiger partial charge in [-0.2, -0.15) is 0 Å². The van der Waals surface area contributed by atoms with E-state index in [1.54, 1.807) is 0 Å². The molecule has 2 aromatic carbocycles. The van der Waals surface area contributed by atoms with Crippen LogP contribution in [0.1, 0.15) is 38.2 Å². The summed E-state index contributed by atoms with van der Waals surface area (Å²) >= 11 is 0. The second kappa shape index (κ2) is 9.52. The van der Waals surface area contributed by atoms with Crippen LogP contribution in [0.15, 0.2) is 47.4 Å². The number of carbonyl (C=O) groups excluding carboxylic acids is 2. The van der Waals surface area contributed by atoms with Crippen LogP contribution >= 0.6 is 0 Å². The molecule has 1 atom stereocenters. The molecule has 2 heterocycles. The molecular weight excluding hydrogens is 442 g/mol. The van der Waals surface area contributed by atoms with Crippen LogP contribution in [0.25, 0.3) is 0 Å². The first-order valence-electron chi connectivity index (χ1n) is 11.2. The summed E-state index contributed by atoms with van der Waals surface area (Å²) in [5.41, 5.74) is 2.13. The first kappa shape index (κ1) is 23.3. The number of sulfonamides is 1. The van der Waals surface area contributed by atoms with E-state index in [0.717, 1.165) is 29.2 Å². The summed E-state index contributed by atoms with van der Waals surface area (Å²) in [6, 6.07) is 12.1. The molecule has 0 saturated carbocycles. The lowest BCUT2D eigenvalue weighted by Crippen LogP contribution is -2.34. The van der Waals surface area contributed by atoms with E-state index in [0.29, 0.717) is 5.92 Å². The molecule has 4 rings (SSSR count). The Morgan fingerprint density at radius 2 is 1.76 bits per heavy atom. The topological polar surface area (TPSA) is 96.0 Å². The van der Waals surface area contributed by atoms with Gasteiger partial charge in [0.25, 0.3) is 0 Å². The van der Waals surface area contributed by atoms with Crippen molar-refractivity contribution in [2.75, 3.05) is 30.0 Å². The Labute approximate surface area is 194 Å². The number of nitrogens with zero attached hydrogens (tertiary/aromatic N) is 2. The highest BCUT2D eigenvalue weighted by atomic mass is 32.2. The normalized spacial score (nSPS) is 19.3. The molecule has 2 saturated heterocycles.